The molecular formula is C12H9F5O2. The zero-order chi connectivity index (χ0) is 14.9. The van der Waals surface area contributed by atoms with Crippen LogP contribution in [0.1, 0.15) is 24.2 Å². The predicted molar refractivity (Wildman–Crippen MR) is 55.3 cm³/mol. The van der Waals surface area contributed by atoms with E-state index in [-0.39, 0.29) is 6.07 Å². The molecule has 0 saturated heterocycles. The summed E-state index contributed by atoms with van der Waals surface area (Å²) in [6.45, 7) is 2.59. The number of hydrogen-bond donors (Lipinski definition) is 0. The van der Waals surface area contributed by atoms with E-state index in [1.54, 1.807) is 0 Å². The van der Waals surface area contributed by atoms with Crippen molar-refractivity contribution in [3.8, 4) is 0 Å². The van der Waals surface area contributed by atoms with Gasteiger partial charge in [-0.05, 0) is 6.07 Å². The summed E-state index contributed by atoms with van der Waals surface area (Å²) >= 11 is 0. The van der Waals surface area contributed by atoms with Gasteiger partial charge in [0.25, 0.3) is 0 Å². The molecule has 1 aromatic rings. The zero-order valence-electron chi connectivity index (χ0n) is 9.94. The van der Waals surface area contributed by atoms with E-state index in [0.29, 0.717) is 0 Å². The molecule has 0 aliphatic carbocycles. The third kappa shape index (κ3) is 2.80. The molecule has 0 bridgehead atoms. The SMILES string of the molecule is CC(C)C(=O)C(F)C(=O)c1cc(F)c(F)c(F)c1F. The van der Waals surface area contributed by atoms with Gasteiger partial charge in [-0.3, -0.25) is 9.59 Å². The number of hydrogen-bond acceptors (Lipinski definition) is 2. The lowest BCUT2D eigenvalue weighted by Gasteiger charge is -2.10. The van der Waals surface area contributed by atoms with Gasteiger partial charge in [-0.15, -0.1) is 0 Å². The van der Waals surface area contributed by atoms with Crippen molar-refractivity contribution in [2.24, 2.45) is 5.92 Å². The van der Waals surface area contributed by atoms with Crippen LogP contribution in [0.2, 0.25) is 0 Å². The quantitative estimate of drug-likeness (QED) is 0.279. The summed E-state index contributed by atoms with van der Waals surface area (Å²) in [6.07, 6.45) is -2.75. The van der Waals surface area contributed by atoms with Crippen molar-refractivity contribution < 1.29 is 31.5 Å². The Balaban J connectivity index is 3.25. The van der Waals surface area contributed by atoms with E-state index in [9.17, 15) is 31.5 Å². The molecule has 0 N–H and O–H groups in total. The van der Waals surface area contributed by atoms with Gasteiger partial charge >= 0.3 is 0 Å². The van der Waals surface area contributed by atoms with Gasteiger partial charge < -0.3 is 0 Å². The van der Waals surface area contributed by atoms with Crippen LogP contribution in [0.5, 0.6) is 0 Å². The number of ketones is 2. The molecule has 7 heteroatoms. The molecule has 1 unspecified atom stereocenters. The number of carbonyl (C=O) groups is 2. The number of Topliss-reactive ketones (excluding diaryl/α,β-unsaturated/α-hetero) is 2. The van der Waals surface area contributed by atoms with Crippen LogP contribution in [0.4, 0.5) is 22.0 Å². The molecule has 104 valence electrons. The van der Waals surface area contributed by atoms with Crippen LogP contribution in [0, 0.1) is 29.2 Å². The standard InChI is InChI=1S/C12H9F5O2/c1-4(2)11(18)10(17)12(19)5-3-6(13)8(15)9(16)7(5)14/h3-4,10H,1-2H3. The highest BCUT2D eigenvalue weighted by Gasteiger charge is 2.33. The van der Waals surface area contributed by atoms with Crippen LogP contribution in [0.15, 0.2) is 6.07 Å². The van der Waals surface area contributed by atoms with Crippen molar-refractivity contribution in [2.75, 3.05) is 0 Å². The van der Waals surface area contributed by atoms with Gasteiger partial charge in [0.2, 0.25) is 12.0 Å². The molecule has 1 rings (SSSR count). The highest BCUT2D eigenvalue weighted by atomic mass is 19.2. The minimum atomic E-state index is -2.75. The lowest BCUT2D eigenvalue weighted by molar-refractivity contribution is -0.125. The normalized spacial score (nSPS) is 12.6. The maximum absolute atomic E-state index is 13.5. The molecule has 1 aromatic carbocycles. The lowest BCUT2D eigenvalue weighted by atomic mass is 9.97. The van der Waals surface area contributed by atoms with Crippen LogP contribution in [-0.4, -0.2) is 17.7 Å². The Labute approximate surface area is 105 Å². The van der Waals surface area contributed by atoms with Crippen molar-refractivity contribution in [1.82, 2.24) is 0 Å². The first-order valence-electron chi connectivity index (χ1n) is 5.23. The van der Waals surface area contributed by atoms with Crippen LogP contribution in [-0.2, 0) is 4.79 Å². The molecule has 0 amide bonds. The predicted octanol–water partition coefficient (Wildman–Crippen LogP) is 2.99. The van der Waals surface area contributed by atoms with Crippen molar-refractivity contribution in [3.63, 3.8) is 0 Å². The second kappa shape index (κ2) is 5.46. The number of alkyl halides is 1. The Morgan fingerprint density at radius 2 is 1.53 bits per heavy atom. The average Bonchev–Trinajstić information content (AvgIpc) is 2.37. The van der Waals surface area contributed by atoms with Crippen molar-refractivity contribution in [1.29, 1.82) is 0 Å². The molecular weight excluding hydrogens is 271 g/mol. The molecule has 0 fully saturated rings. The fraction of sp³-hybridized carbons (Fsp3) is 0.333. The number of benzene rings is 1. The Bertz CT molecular complexity index is 539. The summed E-state index contributed by atoms with van der Waals surface area (Å²) in [4.78, 5) is 22.7. The molecule has 0 heterocycles. The first kappa shape index (κ1) is 15.3. The van der Waals surface area contributed by atoms with Crippen molar-refractivity contribution in [3.05, 3.63) is 34.9 Å². The monoisotopic (exact) mass is 280 g/mol. The molecule has 0 saturated carbocycles. The van der Waals surface area contributed by atoms with E-state index in [1.807, 2.05) is 0 Å². The third-order valence-corrected chi connectivity index (χ3v) is 2.42. The summed E-state index contributed by atoms with van der Waals surface area (Å²) < 4.78 is 65.1. The van der Waals surface area contributed by atoms with Crippen molar-refractivity contribution in [2.45, 2.75) is 20.0 Å². The van der Waals surface area contributed by atoms with Gasteiger partial charge in [-0.25, -0.2) is 22.0 Å². The Morgan fingerprint density at radius 1 is 1.00 bits per heavy atom. The topological polar surface area (TPSA) is 34.1 Å². The summed E-state index contributed by atoms with van der Waals surface area (Å²) in [5.41, 5.74) is -1.34. The van der Waals surface area contributed by atoms with E-state index in [0.717, 1.165) is 0 Å². The molecule has 0 spiro atoms. The van der Waals surface area contributed by atoms with E-state index in [4.69, 9.17) is 0 Å². The first-order valence-corrected chi connectivity index (χ1v) is 5.23. The highest BCUT2D eigenvalue weighted by Crippen LogP contribution is 2.21. The molecule has 0 aliphatic heterocycles. The minimum absolute atomic E-state index is 0.0241. The average molecular weight is 280 g/mol. The van der Waals surface area contributed by atoms with Gasteiger partial charge in [0.15, 0.2) is 29.1 Å². The summed E-state index contributed by atoms with van der Waals surface area (Å²) in [5, 5.41) is 0. The molecule has 1 atom stereocenters. The van der Waals surface area contributed by atoms with Crippen molar-refractivity contribution >= 4 is 11.6 Å². The molecule has 19 heavy (non-hydrogen) atoms. The maximum atomic E-state index is 13.5. The number of carbonyl (C=O) groups excluding carboxylic acids is 2. The summed E-state index contributed by atoms with van der Waals surface area (Å²) in [6, 6.07) is 0.0241. The van der Waals surface area contributed by atoms with Gasteiger partial charge in [0.05, 0.1) is 5.56 Å². The highest BCUT2D eigenvalue weighted by molar-refractivity contribution is 6.13. The second-order valence-electron chi connectivity index (χ2n) is 4.13. The smallest absolute Gasteiger partial charge is 0.221 e. The van der Waals surface area contributed by atoms with Crippen LogP contribution >= 0.6 is 0 Å². The Hall–Kier alpha value is -1.79. The van der Waals surface area contributed by atoms with Crippen LogP contribution in [0.3, 0.4) is 0 Å². The van der Waals surface area contributed by atoms with Gasteiger partial charge in [-0.2, -0.15) is 0 Å². The summed E-state index contributed by atoms with van der Waals surface area (Å²) in [5.74, 6) is -12.0. The Morgan fingerprint density at radius 3 is 2.00 bits per heavy atom. The zero-order valence-corrected chi connectivity index (χ0v) is 9.94. The molecule has 0 aromatic heterocycles. The molecule has 0 aliphatic rings. The first-order chi connectivity index (χ1) is 8.68. The van der Waals surface area contributed by atoms with E-state index in [2.05, 4.69) is 0 Å². The van der Waals surface area contributed by atoms with E-state index >= 15 is 0 Å². The fourth-order valence-corrected chi connectivity index (χ4v) is 1.31. The number of halogens is 5. The van der Waals surface area contributed by atoms with Gasteiger partial charge in [-0.1, -0.05) is 13.8 Å². The Kier molecular flexibility index (Phi) is 4.39. The second-order valence-corrected chi connectivity index (χ2v) is 4.13. The van der Waals surface area contributed by atoms with E-state index in [1.165, 1.54) is 13.8 Å². The van der Waals surface area contributed by atoms with Crippen LogP contribution in [0.25, 0.3) is 0 Å². The van der Waals surface area contributed by atoms with Crippen LogP contribution < -0.4 is 0 Å². The van der Waals surface area contributed by atoms with E-state index < -0.39 is 52.5 Å². The maximum Gasteiger partial charge on any atom is 0.221 e. The van der Waals surface area contributed by atoms with Gasteiger partial charge in [0.1, 0.15) is 0 Å². The minimum Gasteiger partial charge on any atom is -0.296 e. The molecule has 0 radical (unpaired) electrons. The summed E-state index contributed by atoms with van der Waals surface area (Å²) in [7, 11) is 0. The fourth-order valence-electron chi connectivity index (χ4n) is 1.31. The van der Waals surface area contributed by atoms with Gasteiger partial charge in [0, 0.05) is 5.92 Å². The lowest BCUT2D eigenvalue weighted by Crippen LogP contribution is -2.30. The molecule has 2 nitrogen and oxygen atoms in total. The number of rotatable bonds is 4. The third-order valence-electron chi connectivity index (χ3n) is 2.42. The largest absolute Gasteiger partial charge is 0.296 e.